The number of carbonyl (C=O) groups excluding carboxylic acids is 1. The van der Waals surface area contributed by atoms with Gasteiger partial charge >= 0.3 is 0 Å². The van der Waals surface area contributed by atoms with E-state index in [1.807, 2.05) is 0 Å². The van der Waals surface area contributed by atoms with Crippen LogP contribution >= 0.6 is 0 Å². The van der Waals surface area contributed by atoms with Crippen molar-refractivity contribution in [3.8, 4) is 0 Å². The molecule has 0 atom stereocenters. The molecule has 0 radical (unpaired) electrons. The maximum absolute atomic E-state index is 13.1. The van der Waals surface area contributed by atoms with Crippen LogP contribution in [0.25, 0.3) is 5.65 Å². The first-order chi connectivity index (χ1) is 11.4. The fourth-order valence-electron chi connectivity index (χ4n) is 2.50. The van der Waals surface area contributed by atoms with Crippen LogP contribution in [-0.2, 0) is 13.6 Å². The molecular weight excluding hydrogens is 318 g/mol. The zero-order valence-electron chi connectivity index (χ0n) is 13.4. The van der Waals surface area contributed by atoms with Gasteiger partial charge in [-0.2, -0.15) is 10.2 Å². The van der Waals surface area contributed by atoms with Gasteiger partial charge in [-0.3, -0.25) is 9.48 Å². The molecule has 7 nitrogen and oxygen atoms in total. The van der Waals surface area contributed by atoms with E-state index < -0.39 is 6.43 Å². The summed E-state index contributed by atoms with van der Waals surface area (Å²) in [5.74, 6) is -0.343. The Morgan fingerprint density at radius 1 is 1.38 bits per heavy atom. The quantitative estimate of drug-likeness (QED) is 0.732. The van der Waals surface area contributed by atoms with Crippen LogP contribution < -0.4 is 0 Å². The average Bonchev–Trinajstić information content (AvgIpc) is 3.12. The van der Waals surface area contributed by atoms with Crippen molar-refractivity contribution >= 4 is 11.6 Å². The lowest BCUT2D eigenvalue weighted by atomic mass is 10.2. The van der Waals surface area contributed by atoms with Crippen LogP contribution in [0.2, 0.25) is 0 Å². The second-order valence-corrected chi connectivity index (χ2v) is 5.52. The lowest BCUT2D eigenvalue weighted by Gasteiger charge is -2.16. The van der Waals surface area contributed by atoms with E-state index in [2.05, 4.69) is 15.2 Å². The topological polar surface area (TPSA) is 68.3 Å². The molecule has 9 heteroatoms. The van der Waals surface area contributed by atoms with Crippen molar-refractivity contribution < 1.29 is 13.6 Å². The molecule has 0 aliphatic rings. The van der Waals surface area contributed by atoms with E-state index in [1.165, 1.54) is 17.2 Å². The highest BCUT2D eigenvalue weighted by atomic mass is 19.3. The van der Waals surface area contributed by atoms with Gasteiger partial charge in [0.15, 0.2) is 5.65 Å². The number of carbonyl (C=O) groups is 1. The van der Waals surface area contributed by atoms with Gasteiger partial charge in [0.1, 0.15) is 11.3 Å². The summed E-state index contributed by atoms with van der Waals surface area (Å²) in [6.07, 6.45) is 0.211. The predicted molar refractivity (Wildman–Crippen MR) is 81.7 cm³/mol. The summed E-state index contributed by atoms with van der Waals surface area (Å²) in [5.41, 5.74) is 1.28. The number of aryl methyl sites for hydroxylation is 2. The van der Waals surface area contributed by atoms with Gasteiger partial charge in [-0.05, 0) is 19.1 Å². The summed E-state index contributed by atoms with van der Waals surface area (Å²) in [5, 5.41) is 7.96. The van der Waals surface area contributed by atoms with Gasteiger partial charge in [-0.25, -0.2) is 18.3 Å². The maximum Gasteiger partial charge on any atom is 0.280 e. The number of nitrogens with zero attached hydrogens (tertiary/aromatic N) is 6. The molecule has 0 saturated carbocycles. The van der Waals surface area contributed by atoms with E-state index in [4.69, 9.17) is 0 Å². The van der Waals surface area contributed by atoms with Crippen LogP contribution in [0.5, 0.6) is 0 Å². The minimum Gasteiger partial charge on any atom is -0.336 e. The van der Waals surface area contributed by atoms with Crippen molar-refractivity contribution in [2.75, 3.05) is 7.05 Å². The zero-order chi connectivity index (χ0) is 17.4. The minimum absolute atomic E-state index is 0.132. The summed E-state index contributed by atoms with van der Waals surface area (Å²) in [6.45, 7) is 1.94. The number of amides is 1. The highest BCUT2D eigenvalue weighted by Crippen LogP contribution is 2.22. The number of rotatable bonds is 4. The molecule has 3 aromatic rings. The van der Waals surface area contributed by atoms with Gasteiger partial charge in [0.25, 0.3) is 12.3 Å². The van der Waals surface area contributed by atoms with E-state index >= 15 is 0 Å². The van der Waals surface area contributed by atoms with Crippen LogP contribution in [-0.4, -0.2) is 42.2 Å². The molecule has 1 amide bonds. The minimum atomic E-state index is -2.70. The van der Waals surface area contributed by atoms with E-state index in [-0.39, 0.29) is 22.8 Å². The SMILES string of the molecule is Cc1cc(C(F)F)n2ncc(C(=O)N(C)Cc3ccnn3C)c2n1. The summed E-state index contributed by atoms with van der Waals surface area (Å²) in [7, 11) is 3.41. The molecule has 0 unspecified atom stereocenters. The van der Waals surface area contributed by atoms with Gasteiger partial charge in [-0.1, -0.05) is 0 Å². The first kappa shape index (κ1) is 16.0. The van der Waals surface area contributed by atoms with E-state index in [0.29, 0.717) is 12.2 Å². The standard InChI is InChI=1S/C15H16F2N6O/c1-9-6-12(13(16)17)23-14(20-9)11(7-19-23)15(24)21(2)8-10-4-5-18-22(10)3/h4-7,13H,8H2,1-3H3. The third-order valence-electron chi connectivity index (χ3n) is 3.75. The Labute approximate surface area is 136 Å². The Kier molecular flexibility index (Phi) is 4.00. The number of hydrogen-bond donors (Lipinski definition) is 0. The first-order valence-corrected chi connectivity index (χ1v) is 7.24. The molecule has 0 N–H and O–H groups in total. The molecule has 0 spiro atoms. The normalized spacial score (nSPS) is 11.4. The van der Waals surface area contributed by atoms with Crippen LogP contribution in [0.4, 0.5) is 8.78 Å². The van der Waals surface area contributed by atoms with Crippen molar-refractivity contribution in [1.82, 2.24) is 29.3 Å². The second kappa shape index (κ2) is 5.99. The van der Waals surface area contributed by atoms with Crippen LogP contribution in [0.3, 0.4) is 0 Å². The van der Waals surface area contributed by atoms with Crippen molar-refractivity contribution in [3.05, 3.63) is 47.2 Å². The Hall–Kier alpha value is -2.84. The molecule has 126 valence electrons. The number of fused-ring (bicyclic) bond motifs is 1. The van der Waals surface area contributed by atoms with Gasteiger partial charge in [0.2, 0.25) is 0 Å². The molecule has 0 aliphatic carbocycles. The fourth-order valence-corrected chi connectivity index (χ4v) is 2.50. The summed E-state index contributed by atoms with van der Waals surface area (Å²) in [6, 6.07) is 3.06. The third-order valence-corrected chi connectivity index (χ3v) is 3.75. The third kappa shape index (κ3) is 2.72. The van der Waals surface area contributed by atoms with E-state index in [1.54, 1.807) is 38.0 Å². The number of aromatic nitrogens is 5. The lowest BCUT2D eigenvalue weighted by Crippen LogP contribution is -2.27. The Bertz CT molecular complexity index is 901. The largest absolute Gasteiger partial charge is 0.336 e. The van der Waals surface area contributed by atoms with Crippen molar-refractivity contribution in [1.29, 1.82) is 0 Å². The molecule has 24 heavy (non-hydrogen) atoms. The van der Waals surface area contributed by atoms with Crippen molar-refractivity contribution in [3.63, 3.8) is 0 Å². The van der Waals surface area contributed by atoms with Gasteiger partial charge in [0.05, 0.1) is 18.4 Å². The highest BCUT2D eigenvalue weighted by molar-refractivity contribution is 5.99. The monoisotopic (exact) mass is 334 g/mol. The van der Waals surface area contributed by atoms with Crippen LogP contribution in [0.15, 0.2) is 24.5 Å². The van der Waals surface area contributed by atoms with Gasteiger partial charge in [-0.15, -0.1) is 0 Å². The molecular formula is C15H16F2N6O. The number of halogens is 2. The molecule has 0 saturated heterocycles. The smallest absolute Gasteiger partial charge is 0.280 e. The Balaban J connectivity index is 1.97. The maximum atomic E-state index is 13.1. The summed E-state index contributed by atoms with van der Waals surface area (Å²) >= 11 is 0. The molecule has 0 aliphatic heterocycles. The molecule has 3 aromatic heterocycles. The number of alkyl halides is 2. The van der Waals surface area contributed by atoms with Crippen LogP contribution in [0, 0.1) is 6.92 Å². The predicted octanol–water partition coefficient (Wildman–Crippen LogP) is 1.98. The summed E-state index contributed by atoms with van der Waals surface area (Å²) < 4.78 is 29.0. The van der Waals surface area contributed by atoms with Crippen LogP contribution in [0.1, 0.15) is 33.9 Å². The average molecular weight is 334 g/mol. The molecule has 3 rings (SSSR count). The lowest BCUT2D eigenvalue weighted by molar-refractivity contribution is 0.0783. The molecule has 3 heterocycles. The number of hydrogen-bond acceptors (Lipinski definition) is 4. The fraction of sp³-hybridized carbons (Fsp3) is 0.333. The molecule has 0 aromatic carbocycles. The Morgan fingerprint density at radius 3 is 2.75 bits per heavy atom. The first-order valence-electron chi connectivity index (χ1n) is 7.24. The van der Waals surface area contributed by atoms with Gasteiger partial charge < -0.3 is 4.90 Å². The molecule has 0 bridgehead atoms. The highest BCUT2D eigenvalue weighted by Gasteiger charge is 2.22. The van der Waals surface area contributed by atoms with Gasteiger partial charge in [0, 0.05) is 26.0 Å². The van der Waals surface area contributed by atoms with E-state index in [0.717, 1.165) is 10.2 Å². The summed E-state index contributed by atoms with van der Waals surface area (Å²) in [4.78, 5) is 18.3. The van der Waals surface area contributed by atoms with Crippen molar-refractivity contribution in [2.45, 2.75) is 19.9 Å². The molecule has 0 fully saturated rings. The van der Waals surface area contributed by atoms with Crippen molar-refractivity contribution in [2.24, 2.45) is 7.05 Å². The Morgan fingerprint density at radius 2 is 2.12 bits per heavy atom. The van der Waals surface area contributed by atoms with E-state index in [9.17, 15) is 13.6 Å². The second-order valence-electron chi connectivity index (χ2n) is 5.52. The zero-order valence-corrected chi connectivity index (χ0v) is 13.4.